The summed E-state index contributed by atoms with van der Waals surface area (Å²) in [5.41, 5.74) is 1.32. The average molecular weight is 607 g/mol. The van der Waals surface area contributed by atoms with Gasteiger partial charge in [0.15, 0.2) is 0 Å². The predicted molar refractivity (Wildman–Crippen MR) is 138 cm³/mol. The van der Waals surface area contributed by atoms with Crippen LogP contribution in [0, 0.1) is 46.3 Å². The van der Waals surface area contributed by atoms with Gasteiger partial charge in [0.1, 0.15) is 0 Å². The molecule has 0 aromatic carbocycles. The van der Waals surface area contributed by atoms with Crippen molar-refractivity contribution in [3.05, 3.63) is 11.6 Å². The van der Waals surface area contributed by atoms with Crippen molar-refractivity contribution in [2.24, 2.45) is 46.3 Å². The molecule has 0 aromatic rings. The molecule has 0 unspecified atom stereocenters. The number of rotatable bonds is 10. The van der Waals surface area contributed by atoms with Gasteiger partial charge in [0, 0.05) is 0 Å². The van der Waals surface area contributed by atoms with Gasteiger partial charge < -0.3 is 9.11 Å². The van der Waals surface area contributed by atoms with Gasteiger partial charge in [-0.25, -0.2) is 16.8 Å². The summed E-state index contributed by atoms with van der Waals surface area (Å²) in [5, 5.41) is 0. The summed E-state index contributed by atoms with van der Waals surface area (Å²) < 4.78 is 77.1. The van der Waals surface area contributed by atoms with E-state index in [4.69, 9.17) is 8.37 Å². The summed E-state index contributed by atoms with van der Waals surface area (Å²) in [7, 11) is -9.43. The maximum Gasteiger partial charge on any atom is 1.00 e. The van der Waals surface area contributed by atoms with Crippen LogP contribution in [0.3, 0.4) is 0 Å². The molecular formula is C27H44Na2O8S2. The molecule has 4 rings (SSSR count). The maximum absolute atomic E-state index is 11.3. The molecule has 8 atom stereocenters. The molecule has 3 fully saturated rings. The quantitative estimate of drug-likeness (QED) is 0.139. The number of fused-ring (bicyclic) bond motifs is 5. The van der Waals surface area contributed by atoms with Crippen molar-refractivity contribution in [2.45, 2.75) is 104 Å². The second-order valence-electron chi connectivity index (χ2n) is 13.1. The van der Waals surface area contributed by atoms with Crippen molar-refractivity contribution in [2.75, 3.05) is 6.61 Å². The third-order valence-corrected chi connectivity index (χ3v) is 11.7. The Bertz CT molecular complexity index is 1080. The van der Waals surface area contributed by atoms with Crippen LogP contribution in [0.1, 0.15) is 98.3 Å². The number of hydrogen-bond acceptors (Lipinski definition) is 8. The SMILES string of the molecule is CC(C)CCC[C@@H](COS(=O)(=O)[O-])[C@H]1CC[C@H]2[C@@H]3CC=C4C[C@H](OS(=O)(=O)[O-])CC[C@]4(C)[C@H]3CC[C@]12C.[Na+].[Na+]. The van der Waals surface area contributed by atoms with Crippen LogP contribution in [0.4, 0.5) is 0 Å². The molecule has 0 N–H and O–H groups in total. The third kappa shape index (κ3) is 8.56. The van der Waals surface area contributed by atoms with Crippen molar-refractivity contribution in [3.8, 4) is 0 Å². The molecule has 3 saturated carbocycles. The first kappa shape index (κ1) is 36.7. The molecule has 0 heterocycles. The molecule has 8 nitrogen and oxygen atoms in total. The second kappa shape index (κ2) is 14.1. The molecule has 4 aliphatic rings. The van der Waals surface area contributed by atoms with E-state index in [2.05, 4.69) is 33.8 Å². The van der Waals surface area contributed by atoms with Crippen molar-refractivity contribution in [1.82, 2.24) is 0 Å². The monoisotopic (exact) mass is 606 g/mol. The molecule has 39 heavy (non-hydrogen) atoms. The molecule has 0 aromatic heterocycles. The summed E-state index contributed by atoms with van der Waals surface area (Å²) in [5.74, 6) is 2.52. The van der Waals surface area contributed by atoms with Crippen LogP contribution in [-0.4, -0.2) is 38.7 Å². The van der Waals surface area contributed by atoms with Gasteiger partial charge in [-0.15, -0.1) is 0 Å². The first-order chi connectivity index (χ1) is 17.1. The fourth-order valence-electron chi connectivity index (χ4n) is 9.05. The first-order valence-corrected chi connectivity index (χ1v) is 16.7. The molecule has 0 aliphatic heterocycles. The van der Waals surface area contributed by atoms with E-state index < -0.39 is 26.9 Å². The summed E-state index contributed by atoms with van der Waals surface area (Å²) in [6.45, 7) is 9.06. The number of hydrogen-bond donors (Lipinski definition) is 0. The fourth-order valence-corrected chi connectivity index (χ4v) is 9.89. The van der Waals surface area contributed by atoms with Crippen molar-refractivity contribution in [3.63, 3.8) is 0 Å². The average Bonchev–Trinajstić information content (AvgIpc) is 3.11. The Hall–Kier alpha value is 1.48. The van der Waals surface area contributed by atoms with Gasteiger partial charge >= 0.3 is 59.1 Å². The van der Waals surface area contributed by atoms with Crippen LogP contribution in [0.5, 0.6) is 0 Å². The van der Waals surface area contributed by atoms with E-state index in [0.29, 0.717) is 42.4 Å². The van der Waals surface area contributed by atoms with Crippen molar-refractivity contribution >= 4 is 20.8 Å². The standard InChI is InChI=1S/C27H46O8S2.2Na/c1-18(2)6-5-7-19(17-34-36(28,29)30)23-10-11-24-22-9-8-20-16-21(35-37(31,32)33)12-14-26(20,3)25(22)13-15-27(23,24)4;;/h8,18-19,21-25H,5-7,9-17H2,1-4H3,(H,28,29,30)(H,31,32,33);;/q;2*+1/p-2/t19-,21+,22-,23+,24-,25-,26-,27+;;/m0../s1. The minimum atomic E-state index is -4.72. The van der Waals surface area contributed by atoms with E-state index >= 15 is 0 Å². The summed E-state index contributed by atoms with van der Waals surface area (Å²) in [6.07, 6.45) is 11.8. The largest absolute Gasteiger partial charge is 1.00 e. The Morgan fingerprint density at radius 3 is 2.26 bits per heavy atom. The van der Waals surface area contributed by atoms with Crippen LogP contribution >= 0.6 is 0 Å². The van der Waals surface area contributed by atoms with E-state index in [0.717, 1.165) is 57.8 Å². The molecule has 0 bridgehead atoms. The van der Waals surface area contributed by atoms with Gasteiger partial charge in [-0.1, -0.05) is 52.2 Å². The van der Waals surface area contributed by atoms with Gasteiger partial charge in [0.05, 0.1) is 12.7 Å². The summed E-state index contributed by atoms with van der Waals surface area (Å²) >= 11 is 0. The molecule has 0 radical (unpaired) electrons. The van der Waals surface area contributed by atoms with Crippen LogP contribution in [0.15, 0.2) is 11.6 Å². The minimum Gasteiger partial charge on any atom is -0.726 e. The van der Waals surface area contributed by atoms with Gasteiger partial charge in [0.25, 0.3) is 0 Å². The van der Waals surface area contributed by atoms with Crippen molar-refractivity contribution in [1.29, 1.82) is 0 Å². The zero-order chi connectivity index (χ0) is 27.2. The summed E-state index contributed by atoms with van der Waals surface area (Å²) in [6, 6.07) is 0. The van der Waals surface area contributed by atoms with Crippen LogP contribution in [0.25, 0.3) is 0 Å². The summed E-state index contributed by atoms with van der Waals surface area (Å²) in [4.78, 5) is 0. The molecule has 0 saturated heterocycles. The second-order valence-corrected chi connectivity index (χ2v) is 15.2. The van der Waals surface area contributed by atoms with E-state index in [-0.39, 0.29) is 82.5 Å². The normalized spacial score (nSPS) is 37.0. The molecule has 214 valence electrons. The third-order valence-electron chi connectivity index (χ3n) is 10.7. The predicted octanol–water partition coefficient (Wildman–Crippen LogP) is -0.662. The van der Waals surface area contributed by atoms with E-state index in [1.807, 2.05) is 0 Å². The molecule has 4 aliphatic carbocycles. The maximum atomic E-state index is 11.3. The van der Waals surface area contributed by atoms with Crippen LogP contribution < -0.4 is 59.1 Å². The zero-order valence-corrected chi connectivity index (χ0v) is 30.3. The Morgan fingerprint density at radius 1 is 0.949 bits per heavy atom. The zero-order valence-electron chi connectivity index (χ0n) is 24.7. The van der Waals surface area contributed by atoms with E-state index in [1.54, 1.807) is 0 Å². The Kier molecular flexibility index (Phi) is 13.2. The molecule has 0 amide bonds. The van der Waals surface area contributed by atoms with E-state index in [1.165, 1.54) is 5.57 Å². The van der Waals surface area contributed by atoms with Gasteiger partial charge in [-0.05, 0) is 104 Å². The minimum absolute atomic E-state index is 0. The van der Waals surface area contributed by atoms with E-state index in [9.17, 15) is 25.9 Å². The van der Waals surface area contributed by atoms with Gasteiger partial charge in [-0.3, -0.25) is 8.37 Å². The van der Waals surface area contributed by atoms with Crippen LogP contribution in [-0.2, 0) is 29.2 Å². The Labute approximate surface area is 280 Å². The Balaban J connectivity index is 0.00000267. The molecular weight excluding hydrogens is 562 g/mol. The smallest absolute Gasteiger partial charge is 0.726 e. The number of allylic oxidation sites excluding steroid dienone is 1. The Morgan fingerprint density at radius 2 is 1.64 bits per heavy atom. The van der Waals surface area contributed by atoms with Gasteiger partial charge in [0.2, 0.25) is 20.8 Å². The fraction of sp³-hybridized carbons (Fsp3) is 0.926. The molecule has 0 spiro atoms. The van der Waals surface area contributed by atoms with Gasteiger partial charge in [-0.2, -0.15) is 0 Å². The molecule has 12 heteroatoms. The van der Waals surface area contributed by atoms with Crippen LogP contribution in [0.2, 0.25) is 0 Å². The van der Waals surface area contributed by atoms with Crippen molar-refractivity contribution < 1.29 is 93.4 Å². The first-order valence-electron chi connectivity index (χ1n) is 14.1. The topological polar surface area (TPSA) is 133 Å².